The fourth-order valence-corrected chi connectivity index (χ4v) is 2.92. The molecule has 2 aromatic carbocycles. The average Bonchev–Trinajstić information content (AvgIpc) is 2.90. The van der Waals surface area contributed by atoms with Gasteiger partial charge in [-0.25, -0.2) is 4.79 Å². The highest BCUT2D eigenvalue weighted by molar-refractivity contribution is 6.08. The summed E-state index contributed by atoms with van der Waals surface area (Å²) in [6.45, 7) is 1.59. The average molecular weight is 351 g/mol. The normalized spacial score (nSPS) is 16.5. The van der Waals surface area contributed by atoms with Gasteiger partial charge in [-0.2, -0.15) is 0 Å². The number of hydrogen-bond acceptors (Lipinski definition) is 3. The third kappa shape index (κ3) is 4.08. The summed E-state index contributed by atoms with van der Waals surface area (Å²) in [7, 11) is 0. The Hall–Kier alpha value is -3.15. The predicted octanol–water partition coefficient (Wildman–Crippen LogP) is 2.49. The van der Waals surface area contributed by atoms with E-state index in [1.54, 1.807) is 6.07 Å². The van der Waals surface area contributed by atoms with E-state index in [0.717, 1.165) is 16.0 Å². The summed E-state index contributed by atoms with van der Waals surface area (Å²) < 4.78 is 0. The molecule has 0 saturated carbocycles. The molecule has 6 nitrogen and oxygen atoms in total. The van der Waals surface area contributed by atoms with Crippen molar-refractivity contribution in [3.8, 4) is 0 Å². The SMILES string of the molecule is Cc1ccccc1NC(=O)CN1C(=O)N[C@H](CCc2ccccc2)C1=O. The smallest absolute Gasteiger partial charge is 0.325 e. The van der Waals surface area contributed by atoms with Gasteiger partial charge in [0.1, 0.15) is 12.6 Å². The molecule has 0 aromatic heterocycles. The van der Waals surface area contributed by atoms with Crippen molar-refractivity contribution >= 4 is 23.5 Å². The highest BCUT2D eigenvalue weighted by atomic mass is 16.2. The van der Waals surface area contributed by atoms with Crippen LogP contribution >= 0.6 is 0 Å². The molecule has 26 heavy (non-hydrogen) atoms. The molecule has 1 saturated heterocycles. The Labute approximate surface area is 152 Å². The maximum atomic E-state index is 12.5. The number of aryl methyl sites for hydroxylation is 2. The van der Waals surface area contributed by atoms with Crippen molar-refractivity contribution < 1.29 is 14.4 Å². The Balaban J connectivity index is 1.56. The van der Waals surface area contributed by atoms with Crippen LogP contribution in [0, 0.1) is 6.92 Å². The highest BCUT2D eigenvalue weighted by Gasteiger charge is 2.38. The lowest BCUT2D eigenvalue weighted by atomic mass is 10.1. The monoisotopic (exact) mass is 351 g/mol. The lowest BCUT2D eigenvalue weighted by Crippen LogP contribution is -2.38. The minimum absolute atomic E-state index is 0.291. The van der Waals surface area contributed by atoms with Gasteiger partial charge in [-0.1, -0.05) is 48.5 Å². The molecule has 0 aliphatic carbocycles. The van der Waals surface area contributed by atoms with E-state index >= 15 is 0 Å². The van der Waals surface area contributed by atoms with Gasteiger partial charge in [-0.3, -0.25) is 14.5 Å². The molecule has 4 amide bonds. The molecular formula is C20H21N3O3. The van der Waals surface area contributed by atoms with Crippen molar-refractivity contribution in [2.75, 3.05) is 11.9 Å². The van der Waals surface area contributed by atoms with Gasteiger partial charge in [0.15, 0.2) is 0 Å². The van der Waals surface area contributed by atoms with Gasteiger partial charge in [0.25, 0.3) is 5.91 Å². The van der Waals surface area contributed by atoms with Gasteiger partial charge in [-0.15, -0.1) is 0 Å². The first kappa shape index (κ1) is 17.7. The molecular weight excluding hydrogens is 330 g/mol. The van der Waals surface area contributed by atoms with Gasteiger partial charge in [0, 0.05) is 5.69 Å². The highest BCUT2D eigenvalue weighted by Crippen LogP contribution is 2.15. The number of imide groups is 1. The molecule has 2 N–H and O–H groups in total. The van der Waals surface area contributed by atoms with E-state index in [0.29, 0.717) is 18.5 Å². The molecule has 1 aliphatic rings. The van der Waals surface area contributed by atoms with Crippen LogP contribution in [-0.2, 0) is 16.0 Å². The Bertz CT molecular complexity index is 820. The molecule has 6 heteroatoms. The third-order valence-corrected chi connectivity index (χ3v) is 4.39. The van der Waals surface area contributed by atoms with Gasteiger partial charge >= 0.3 is 6.03 Å². The van der Waals surface area contributed by atoms with E-state index in [2.05, 4.69) is 10.6 Å². The first-order valence-electron chi connectivity index (χ1n) is 8.56. The number of hydrogen-bond donors (Lipinski definition) is 2. The van der Waals surface area contributed by atoms with Crippen molar-refractivity contribution in [2.45, 2.75) is 25.8 Å². The summed E-state index contributed by atoms with van der Waals surface area (Å²) in [5, 5.41) is 5.40. The molecule has 0 unspecified atom stereocenters. The number of amides is 4. The van der Waals surface area contributed by atoms with E-state index in [1.165, 1.54) is 0 Å². The van der Waals surface area contributed by atoms with E-state index in [9.17, 15) is 14.4 Å². The van der Waals surface area contributed by atoms with Crippen molar-refractivity contribution in [1.82, 2.24) is 10.2 Å². The lowest BCUT2D eigenvalue weighted by molar-refractivity contribution is -0.130. The number of carbonyl (C=O) groups is 3. The number of urea groups is 1. The Morgan fingerprint density at radius 3 is 2.50 bits per heavy atom. The van der Waals surface area contributed by atoms with Crippen LogP contribution in [0.25, 0.3) is 0 Å². The van der Waals surface area contributed by atoms with Gasteiger partial charge < -0.3 is 10.6 Å². The predicted molar refractivity (Wildman–Crippen MR) is 98.6 cm³/mol. The molecule has 134 valence electrons. The molecule has 0 bridgehead atoms. The van der Waals surface area contributed by atoms with Gasteiger partial charge in [0.05, 0.1) is 0 Å². The van der Waals surface area contributed by atoms with Crippen molar-refractivity contribution in [3.63, 3.8) is 0 Å². The van der Waals surface area contributed by atoms with Gasteiger partial charge in [0.2, 0.25) is 5.91 Å². The number of nitrogens with one attached hydrogen (secondary N) is 2. The number of para-hydroxylation sites is 1. The Kier molecular flexibility index (Phi) is 5.31. The molecule has 1 atom stereocenters. The van der Waals surface area contributed by atoms with Gasteiger partial charge in [-0.05, 0) is 37.0 Å². The number of anilines is 1. The van der Waals surface area contributed by atoms with Crippen LogP contribution in [0.15, 0.2) is 54.6 Å². The van der Waals surface area contributed by atoms with E-state index in [4.69, 9.17) is 0 Å². The molecule has 1 fully saturated rings. The number of benzene rings is 2. The maximum Gasteiger partial charge on any atom is 0.325 e. The minimum atomic E-state index is -0.589. The maximum absolute atomic E-state index is 12.5. The molecule has 0 spiro atoms. The van der Waals surface area contributed by atoms with E-state index in [1.807, 2.05) is 55.5 Å². The second-order valence-corrected chi connectivity index (χ2v) is 6.31. The summed E-state index contributed by atoms with van der Waals surface area (Å²) in [4.78, 5) is 37.7. The zero-order valence-electron chi connectivity index (χ0n) is 14.6. The van der Waals surface area contributed by atoms with Crippen molar-refractivity contribution in [3.05, 3.63) is 65.7 Å². The third-order valence-electron chi connectivity index (χ3n) is 4.39. The summed E-state index contributed by atoms with van der Waals surface area (Å²) in [6, 6.07) is 16.0. The Morgan fingerprint density at radius 1 is 1.08 bits per heavy atom. The fraction of sp³-hybridized carbons (Fsp3) is 0.250. The van der Waals surface area contributed by atoms with Crippen molar-refractivity contribution in [2.24, 2.45) is 0 Å². The van der Waals surface area contributed by atoms with Crippen molar-refractivity contribution in [1.29, 1.82) is 0 Å². The number of nitrogens with zero attached hydrogens (tertiary/aromatic N) is 1. The van der Waals surface area contributed by atoms with Crippen LogP contribution < -0.4 is 10.6 Å². The molecule has 1 aliphatic heterocycles. The largest absolute Gasteiger partial charge is 0.326 e. The zero-order chi connectivity index (χ0) is 18.5. The van der Waals surface area contributed by atoms with Crippen LogP contribution in [0.5, 0.6) is 0 Å². The van der Waals surface area contributed by atoms with E-state index < -0.39 is 18.0 Å². The summed E-state index contributed by atoms with van der Waals surface area (Å²) >= 11 is 0. The standard InChI is InChI=1S/C20H21N3O3/c1-14-7-5-6-10-16(14)21-18(24)13-23-19(25)17(22-20(23)26)12-11-15-8-3-2-4-9-15/h2-10,17H,11-13H2,1H3,(H,21,24)(H,22,26)/t17-/m1/s1. The first-order chi connectivity index (χ1) is 12.5. The van der Waals surface area contributed by atoms with Crippen LogP contribution in [0.4, 0.5) is 10.5 Å². The quantitative estimate of drug-likeness (QED) is 0.785. The van der Waals surface area contributed by atoms with Crippen LogP contribution in [0.3, 0.4) is 0 Å². The second kappa shape index (κ2) is 7.82. The number of carbonyl (C=O) groups excluding carboxylic acids is 3. The molecule has 0 radical (unpaired) electrons. The van der Waals surface area contributed by atoms with Crippen LogP contribution in [-0.4, -0.2) is 35.3 Å². The molecule has 1 heterocycles. The van der Waals surface area contributed by atoms with Crippen LogP contribution in [0.1, 0.15) is 17.5 Å². The number of rotatable bonds is 6. The van der Waals surface area contributed by atoms with Crippen LogP contribution in [0.2, 0.25) is 0 Å². The summed E-state index contributed by atoms with van der Waals surface area (Å²) in [5.41, 5.74) is 2.69. The first-order valence-corrected chi connectivity index (χ1v) is 8.56. The summed E-state index contributed by atoms with van der Waals surface area (Å²) in [5.74, 6) is -0.752. The fourth-order valence-electron chi connectivity index (χ4n) is 2.92. The molecule has 2 aromatic rings. The lowest BCUT2D eigenvalue weighted by Gasteiger charge is -2.14. The van der Waals surface area contributed by atoms with E-state index in [-0.39, 0.29) is 12.5 Å². The summed E-state index contributed by atoms with van der Waals surface area (Å²) in [6.07, 6.45) is 1.19. The second-order valence-electron chi connectivity index (χ2n) is 6.31. The minimum Gasteiger partial charge on any atom is -0.326 e. The zero-order valence-corrected chi connectivity index (χ0v) is 14.6. The topological polar surface area (TPSA) is 78.5 Å². The molecule has 3 rings (SSSR count). The Morgan fingerprint density at radius 2 is 1.77 bits per heavy atom.